The van der Waals surface area contributed by atoms with Crippen LogP contribution in [0.4, 0.5) is 0 Å². The van der Waals surface area contributed by atoms with E-state index in [4.69, 9.17) is 4.42 Å². The number of hydrogen-bond acceptors (Lipinski definition) is 5. The molecule has 2 aromatic rings. The average molecular weight is 463 g/mol. The van der Waals surface area contributed by atoms with Gasteiger partial charge >= 0.3 is 0 Å². The predicted molar refractivity (Wildman–Crippen MR) is 109 cm³/mol. The molecule has 0 aliphatic carbocycles. The molecule has 0 aliphatic heterocycles. The Morgan fingerprint density at radius 3 is 2.38 bits per heavy atom. The van der Waals surface area contributed by atoms with Crippen molar-refractivity contribution in [2.75, 3.05) is 7.05 Å². The van der Waals surface area contributed by atoms with Gasteiger partial charge < -0.3 is 15.1 Å². The third kappa shape index (κ3) is 5.73. The molecule has 0 fully saturated rings. The van der Waals surface area contributed by atoms with E-state index in [2.05, 4.69) is 51.7 Å². The summed E-state index contributed by atoms with van der Waals surface area (Å²) in [5, 5.41) is 9.67. The van der Waals surface area contributed by atoms with Gasteiger partial charge in [0.2, 0.25) is 5.89 Å². The van der Waals surface area contributed by atoms with E-state index in [1.54, 1.807) is 18.4 Å². The molecular weight excluding hydrogens is 437 g/mol. The van der Waals surface area contributed by atoms with Crippen LogP contribution in [0.2, 0.25) is 0 Å². The van der Waals surface area contributed by atoms with Gasteiger partial charge in [0.15, 0.2) is 5.96 Å². The Hall–Kier alpha value is -1.16. The normalized spacial score (nSPS) is 12.0. The van der Waals surface area contributed by atoms with E-state index in [1.807, 2.05) is 13.8 Å². The Morgan fingerprint density at radius 1 is 1.21 bits per heavy atom. The molecule has 0 radical (unpaired) electrons. The zero-order valence-corrected chi connectivity index (χ0v) is 18.2. The van der Waals surface area contributed by atoms with Crippen LogP contribution < -0.4 is 10.6 Å². The van der Waals surface area contributed by atoms with Gasteiger partial charge in [-0.25, -0.2) is 9.97 Å². The number of nitrogens with zero attached hydrogens (tertiary/aromatic N) is 3. The summed E-state index contributed by atoms with van der Waals surface area (Å²) in [7, 11) is 1.74. The lowest BCUT2D eigenvalue weighted by Crippen LogP contribution is -2.36. The average Bonchev–Trinajstić information content (AvgIpc) is 3.06. The Morgan fingerprint density at radius 2 is 1.88 bits per heavy atom. The molecule has 0 atom stereocenters. The second kappa shape index (κ2) is 8.80. The molecule has 6 nitrogen and oxygen atoms in total. The monoisotopic (exact) mass is 463 g/mol. The number of rotatable bonds is 4. The van der Waals surface area contributed by atoms with E-state index in [9.17, 15) is 0 Å². The van der Waals surface area contributed by atoms with Crippen molar-refractivity contribution >= 4 is 41.3 Å². The minimum atomic E-state index is 0. The topological polar surface area (TPSA) is 75.3 Å². The van der Waals surface area contributed by atoms with Crippen molar-refractivity contribution in [3.05, 3.63) is 33.4 Å². The summed E-state index contributed by atoms with van der Waals surface area (Å²) < 4.78 is 5.55. The Bertz CT molecular complexity index is 667. The maximum atomic E-state index is 5.55. The summed E-state index contributed by atoms with van der Waals surface area (Å²) in [5.41, 5.74) is 2.02. The molecule has 0 amide bonds. The molecule has 2 aromatic heterocycles. The van der Waals surface area contributed by atoms with Crippen LogP contribution in [0.1, 0.15) is 48.8 Å². The van der Waals surface area contributed by atoms with Crippen LogP contribution in [0.15, 0.2) is 14.8 Å². The first-order valence-electron chi connectivity index (χ1n) is 7.62. The van der Waals surface area contributed by atoms with Gasteiger partial charge in [0.1, 0.15) is 5.76 Å². The molecule has 2 rings (SSSR count). The van der Waals surface area contributed by atoms with Crippen LogP contribution in [0, 0.1) is 13.8 Å². The van der Waals surface area contributed by atoms with Gasteiger partial charge in [-0.15, -0.1) is 35.3 Å². The van der Waals surface area contributed by atoms with Gasteiger partial charge in [-0.3, -0.25) is 4.99 Å². The van der Waals surface area contributed by atoms with Crippen molar-refractivity contribution in [3.63, 3.8) is 0 Å². The van der Waals surface area contributed by atoms with Gasteiger partial charge in [0.25, 0.3) is 0 Å². The number of halogens is 1. The largest absolute Gasteiger partial charge is 0.444 e. The summed E-state index contributed by atoms with van der Waals surface area (Å²) >= 11 is 1.69. The summed E-state index contributed by atoms with van der Waals surface area (Å²) in [4.78, 5) is 13.2. The fourth-order valence-electron chi connectivity index (χ4n) is 1.90. The molecule has 2 heterocycles. The number of aromatic nitrogens is 2. The molecule has 0 spiro atoms. The van der Waals surface area contributed by atoms with E-state index in [0.717, 1.165) is 22.2 Å². The van der Waals surface area contributed by atoms with Gasteiger partial charge in [0, 0.05) is 17.8 Å². The molecule has 0 saturated carbocycles. The van der Waals surface area contributed by atoms with Crippen molar-refractivity contribution in [2.24, 2.45) is 4.99 Å². The molecule has 0 bridgehead atoms. The molecule has 0 aromatic carbocycles. The zero-order chi connectivity index (χ0) is 17.0. The third-order valence-corrected chi connectivity index (χ3v) is 4.65. The quantitative estimate of drug-likeness (QED) is 0.412. The zero-order valence-electron chi connectivity index (χ0n) is 15.1. The summed E-state index contributed by atoms with van der Waals surface area (Å²) in [5.74, 6) is 2.21. The first kappa shape index (κ1) is 20.9. The highest BCUT2D eigenvalue weighted by atomic mass is 127. The first-order chi connectivity index (χ1) is 10.8. The van der Waals surface area contributed by atoms with Gasteiger partial charge in [0.05, 0.1) is 29.5 Å². The number of guanidine groups is 1. The fourth-order valence-corrected chi connectivity index (χ4v) is 2.81. The third-order valence-electron chi connectivity index (χ3n) is 3.33. The number of aliphatic imine (C=N–C) groups is 1. The molecule has 134 valence electrons. The minimum Gasteiger partial charge on any atom is -0.444 e. The number of thiazole rings is 1. The Balaban J connectivity index is 0.00000288. The highest BCUT2D eigenvalue weighted by molar-refractivity contribution is 14.0. The fraction of sp³-hybridized carbons (Fsp3) is 0.562. The lowest BCUT2D eigenvalue weighted by molar-refractivity contribution is 0.463. The maximum absolute atomic E-state index is 5.55. The standard InChI is InChI=1S/C16H25N5OS.HI/c1-10-11(2)22-13(20-10)8-19-15(17-6)18-7-12-9-23-14(21-12)16(3,4)5;/h9H,7-8H2,1-6H3,(H2,17,18,19);1H. The lowest BCUT2D eigenvalue weighted by atomic mass is 9.98. The van der Waals surface area contributed by atoms with Crippen LogP contribution in [0.5, 0.6) is 0 Å². The smallest absolute Gasteiger partial charge is 0.214 e. The Labute approximate surface area is 164 Å². The highest BCUT2D eigenvalue weighted by Crippen LogP contribution is 2.25. The van der Waals surface area contributed by atoms with Crippen molar-refractivity contribution in [1.82, 2.24) is 20.6 Å². The number of oxazole rings is 1. The molecule has 8 heteroatoms. The summed E-state index contributed by atoms with van der Waals surface area (Å²) in [6, 6.07) is 0. The summed E-state index contributed by atoms with van der Waals surface area (Å²) in [6.07, 6.45) is 0. The van der Waals surface area contributed by atoms with E-state index in [1.165, 1.54) is 0 Å². The van der Waals surface area contributed by atoms with Crippen molar-refractivity contribution < 1.29 is 4.42 Å². The number of nitrogens with one attached hydrogen (secondary N) is 2. The van der Waals surface area contributed by atoms with Gasteiger partial charge in [-0.1, -0.05) is 20.8 Å². The van der Waals surface area contributed by atoms with Crippen LogP contribution >= 0.6 is 35.3 Å². The number of hydrogen-bond donors (Lipinski definition) is 2. The SMILES string of the molecule is CN=C(NCc1csc(C(C)(C)C)n1)NCc1nc(C)c(C)o1.I. The maximum Gasteiger partial charge on any atom is 0.214 e. The predicted octanol–water partition coefficient (Wildman–Crippen LogP) is 3.53. The van der Waals surface area contributed by atoms with Crippen LogP contribution in [0.25, 0.3) is 0 Å². The van der Waals surface area contributed by atoms with Crippen LogP contribution in [-0.4, -0.2) is 23.0 Å². The molecular formula is C16H26IN5OS. The van der Waals surface area contributed by atoms with Gasteiger partial charge in [-0.2, -0.15) is 0 Å². The minimum absolute atomic E-state index is 0. The van der Waals surface area contributed by atoms with Crippen LogP contribution in [0.3, 0.4) is 0 Å². The number of aryl methyl sites for hydroxylation is 2. The van der Waals surface area contributed by atoms with E-state index in [0.29, 0.717) is 24.9 Å². The Kier molecular flexibility index (Phi) is 7.65. The van der Waals surface area contributed by atoms with E-state index >= 15 is 0 Å². The molecule has 0 aliphatic rings. The van der Waals surface area contributed by atoms with Crippen molar-refractivity contribution in [3.8, 4) is 0 Å². The van der Waals surface area contributed by atoms with Gasteiger partial charge in [-0.05, 0) is 13.8 Å². The second-order valence-electron chi connectivity index (χ2n) is 6.42. The molecule has 24 heavy (non-hydrogen) atoms. The first-order valence-corrected chi connectivity index (χ1v) is 8.50. The van der Waals surface area contributed by atoms with Crippen LogP contribution in [-0.2, 0) is 18.5 Å². The van der Waals surface area contributed by atoms with E-state index in [-0.39, 0.29) is 29.4 Å². The van der Waals surface area contributed by atoms with Crippen molar-refractivity contribution in [2.45, 2.75) is 53.1 Å². The molecule has 0 saturated heterocycles. The highest BCUT2D eigenvalue weighted by Gasteiger charge is 2.17. The summed E-state index contributed by atoms with van der Waals surface area (Å²) in [6.45, 7) is 11.5. The van der Waals surface area contributed by atoms with E-state index < -0.39 is 0 Å². The van der Waals surface area contributed by atoms with Crippen molar-refractivity contribution in [1.29, 1.82) is 0 Å². The molecule has 0 unspecified atom stereocenters. The second-order valence-corrected chi connectivity index (χ2v) is 7.28. The lowest BCUT2D eigenvalue weighted by Gasteiger charge is -2.13. The molecule has 2 N–H and O–H groups in total.